The molecule has 1 aromatic heterocycles. The van der Waals surface area contributed by atoms with Crippen molar-refractivity contribution in [3.8, 4) is 11.4 Å². The first-order chi connectivity index (χ1) is 9.69. The van der Waals surface area contributed by atoms with Gasteiger partial charge in [0, 0.05) is 12.0 Å². The normalized spacial score (nSPS) is 17.6. The Hall–Kier alpha value is -2.17. The van der Waals surface area contributed by atoms with Gasteiger partial charge in [-0.2, -0.15) is 0 Å². The molecule has 0 saturated heterocycles. The molecule has 5 heteroatoms. The summed E-state index contributed by atoms with van der Waals surface area (Å²) >= 11 is 0. The summed E-state index contributed by atoms with van der Waals surface area (Å²) in [4.78, 5) is 16.4. The van der Waals surface area contributed by atoms with Crippen LogP contribution in [0, 0.1) is 6.92 Å². The van der Waals surface area contributed by atoms with Crippen molar-refractivity contribution >= 4 is 5.97 Å². The first-order valence-electron chi connectivity index (χ1n) is 6.79. The van der Waals surface area contributed by atoms with Gasteiger partial charge in [-0.05, 0) is 25.8 Å². The number of ether oxygens (including phenoxy) is 1. The monoisotopic (exact) mass is 271 g/mol. The van der Waals surface area contributed by atoms with E-state index >= 15 is 0 Å². The fourth-order valence-electron chi connectivity index (χ4n) is 2.61. The molecule has 1 aliphatic heterocycles. The Morgan fingerprint density at radius 3 is 3.05 bits per heavy atom. The second-order valence-corrected chi connectivity index (χ2v) is 5.10. The lowest BCUT2D eigenvalue weighted by Gasteiger charge is -2.20. The fraction of sp³-hybridized carbons (Fsp3) is 0.400. The lowest BCUT2D eigenvalue weighted by Crippen LogP contribution is -2.27. The third-order valence-electron chi connectivity index (χ3n) is 3.62. The molecule has 2 heterocycles. The second-order valence-electron chi connectivity index (χ2n) is 5.10. The van der Waals surface area contributed by atoms with Gasteiger partial charge in [-0.25, -0.2) is 14.5 Å². The Labute approximate surface area is 117 Å². The zero-order chi connectivity index (χ0) is 14.1. The third-order valence-corrected chi connectivity index (χ3v) is 3.62. The van der Waals surface area contributed by atoms with E-state index in [2.05, 4.69) is 16.1 Å². The van der Waals surface area contributed by atoms with Gasteiger partial charge in [0.15, 0.2) is 11.9 Å². The first-order valence-corrected chi connectivity index (χ1v) is 6.79. The molecule has 0 fully saturated rings. The van der Waals surface area contributed by atoms with Gasteiger partial charge in [0.05, 0.1) is 7.11 Å². The molecular weight excluding hydrogens is 254 g/mol. The van der Waals surface area contributed by atoms with Gasteiger partial charge in [-0.15, -0.1) is 5.10 Å². The summed E-state index contributed by atoms with van der Waals surface area (Å²) < 4.78 is 6.58. The summed E-state index contributed by atoms with van der Waals surface area (Å²) in [5, 5.41) is 4.52. The van der Waals surface area contributed by atoms with E-state index in [1.807, 2.05) is 25.1 Å². The van der Waals surface area contributed by atoms with Crippen molar-refractivity contribution < 1.29 is 9.53 Å². The Morgan fingerprint density at radius 1 is 1.45 bits per heavy atom. The number of benzene rings is 1. The number of esters is 1. The molecule has 0 amide bonds. The van der Waals surface area contributed by atoms with Crippen molar-refractivity contribution in [2.45, 2.75) is 32.2 Å². The van der Waals surface area contributed by atoms with Gasteiger partial charge in [0.25, 0.3) is 0 Å². The van der Waals surface area contributed by atoms with Gasteiger partial charge in [0.2, 0.25) is 0 Å². The van der Waals surface area contributed by atoms with Crippen LogP contribution in [0.3, 0.4) is 0 Å². The summed E-state index contributed by atoms with van der Waals surface area (Å²) in [6.45, 7) is 2.04. The van der Waals surface area contributed by atoms with Crippen molar-refractivity contribution in [2.75, 3.05) is 7.11 Å². The number of rotatable bonds is 2. The molecule has 1 atom stereocenters. The molecule has 1 aliphatic rings. The molecule has 20 heavy (non-hydrogen) atoms. The second kappa shape index (κ2) is 5.07. The summed E-state index contributed by atoms with van der Waals surface area (Å²) in [6.07, 6.45) is 2.55. The molecule has 1 aromatic carbocycles. The first kappa shape index (κ1) is 12.8. The van der Waals surface area contributed by atoms with Gasteiger partial charge in [-0.1, -0.05) is 23.8 Å². The van der Waals surface area contributed by atoms with Crippen molar-refractivity contribution in [3.05, 3.63) is 35.7 Å². The standard InChI is InChI=1S/C15H17N3O2/c1-10-5-3-6-11(9-10)14-16-13-8-4-7-12(15(19)20-2)18(13)17-14/h3,5-6,9,12H,4,7-8H2,1-2H3. The molecule has 0 aliphatic carbocycles. The van der Waals surface area contributed by atoms with E-state index < -0.39 is 0 Å². The van der Waals surface area contributed by atoms with Gasteiger partial charge in [0.1, 0.15) is 5.82 Å². The third kappa shape index (κ3) is 2.19. The fourth-order valence-corrected chi connectivity index (χ4v) is 2.61. The van der Waals surface area contributed by atoms with Crippen LogP contribution < -0.4 is 0 Å². The van der Waals surface area contributed by atoms with E-state index in [9.17, 15) is 4.79 Å². The van der Waals surface area contributed by atoms with Crippen molar-refractivity contribution in [1.29, 1.82) is 0 Å². The lowest BCUT2D eigenvalue weighted by molar-refractivity contribution is -0.145. The van der Waals surface area contributed by atoms with Crippen LogP contribution in [0.4, 0.5) is 0 Å². The van der Waals surface area contributed by atoms with Gasteiger partial charge >= 0.3 is 5.97 Å². The molecule has 0 spiro atoms. The highest BCUT2D eigenvalue weighted by atomic mass is 16.5. The molecule has 0 radical (unpaired) electrons. The van der Waals surface area contributed by atoms with Crippen molar-refractivity contribution in [1.82, 2.24) is 14.8 Å². The van der Waals surface area contributed by atoms with Crippen LogP contribution >= 0.6 is 0 Å². The Kier molecular flexibility index (Phi) is 3.26. The number of aryl methyl sites for hydroxylation is 2. The van der Waals surface area contributed by atoms with Crippen molar-refractivity contribution in [2.24, 2.45) is 0 Å². The predicted octanol–water partition coefficient (Wildman–Crippen LogP) is 2.30. The minimum Gasteiger partial charge on any atom is -0.467 e. The van der Waals surface area contributed by atoms with Crippen LogP contribution in [0.15, 0.2) is 24.3 Å². The minimum absolute atomic E-state index is 0.244. The molecule has 0 N–H and O–H groups in total. The highest BCUT2D eigenvalue weighted by molar-refractivity contribution is 5.74. The number of hydrogen-bond donors (Lipinski definition) is 0. The molecule has 104 valence electrons. The average Bonchev–Trinajstić information content (AvgIpc) is 2.90. The van der Waals surface area contributed by atoms with Gasteiger partial charge in [-0.3, -0.25) is 0 Å². The summed E-state index contributed by atoms with van der Waals surface area (Å²) in [7, 11) is 1.41. The SMILES string of the molecule is COC(=O)C1CCCc2nc(-c3cccc(C)c3)nn21. The van der Waals surface area contributed by atoms with E-state index in [4.69, 9.17) is 4.74 Å². The summed E-state index contributed by atoms with van der Waals surface area (Å²) in [5.41, 5.74) is 2.15. The highest BCUT2D eigenvalue weighted by Crippen LogP contribution is 2.27. The van der Waals surface area contributed by atoms with Crippen LogP contribution in [0.25, 0.3) is 11.4 Å². The average molecular weight is 271 g/mol. The van der Waals surface area contributed by atoms with E-state index in [0.29, 0.717) is 5.82 Å². The number of nitrogens with zero attached hydrogens (tertiary/aromatic N) is 3. The Morgan fingerprint density at radius 2 is 2.30 bits per heavy atom. The molecule has 1 unspecified atom stereocenters. The van der Waals surface area contributed by atoms with Crippen LogP contribution in [0.5, 0.6) is 0 Å². The number of carbonyl (C=O) groups excluding carboxylic acids is 1. The molecular formula is C15H17N3O2. The summed E-state index contributed by atoms with van der Waals surface area (Å²) in [5.74, 6) is 1.30. The predicted molar refractivity (Wildman–Crippen MR) is 74.2 cm³/mol. The topological polar surface area (TPSA) is 57.0 Å². The van der Waals surface area contributed by atoms with Crippen LogP contribution in [-0.4, -0.2) is 27.8 Å². The molecule has 2 aromatic rings. The maximum absolute atomic E-state index is 11.8. The number of carbonyl (C=O) groups is 1. The maximum Gasteiger partial charge on any atom is 0.330 e. The van der Waals surface area contributed by atoms with Crippen LogP contribution in [0.2, 0.25) is 0 Å². The van der Waals surface area contributed by atoms with Gasteiger partial charge < -0.3 is 4.74 Å². The quantitative estimate of drug-likeness (QED) is 0.786. The molecule has 5 nitrogen and oxygen atoms in total. The number of methoxy groups -OCH3 is 1. The minimum atomic E-state index is -0.338. The number of aromatic nitrogens is 3. The molecule has 0 bridgehead atoms. The maximum atomic E-state index is 11.8. The summed E-state index contributed by atoms with van der Waals surface area (Å²) in [6, 6.07) is 7.73. The van der Waals surface area contributed by atoms with E-state index in [1.54, 1.807) is 4.68 Å². The number of hydrogen-bond acceptors (Lipinski definition) is 4. The highest BCUT2D eigenvalue weighted by Gasteiger charge is 2.29. The Balaban J connectivity index is 2.01. The smallest absolute Gasteiger partial charge is 0.330 e. The molecule has 0 saturated carbocycles. The van der Waals surface area contributed by atoms with Crippen molar-refractivity contribution in [3.63, 3.8) is 0 Å². The number of fused-ring (bicyclic) bond motifs is 1. The zero-order valence-corrected chi connectivity index (χ0v) is 11.7. The van der Waals surface area contributed by atoms with E-state index in [1.165, 1.54) is 12.7 Å². The van der Waals surface area contributed by atoms with Crippen LogP contribution in [-0.2, 0) is 16.0 Å². The molecule has 3 rings (SSSR count). The van der Waals surface area contributed by atoms with Crippen LogP contribution in [0.1, 0.15) is 30.3 Å². The zero-order valence-electron chi connectivity index (χ0n) is 11.7. The largest absolute Gasteiger partial charge is 0.467 e. The van der Waals surface area contributed by atoms with E-state index in [-0.39, 0.29) is 12.0 Å². The van der Waals surface area contributed by atoms with E-state index in [0.717, 1.165) is 30.7 Å². The lowest BCUT2D eigenvalue weighted by atomic mass is 10.1. The Bertz CT molecular complexity index is 648.